The Morgan fingerprint density at radius 2 is 2.21 bits per heavy atom. The second-order valence-electron chi connectivity index (χ2n) is 7.43. The van der Waals surface area contributed by atoms with E-state index >= 15 is 0 Å². The molecule has 3 heterocycles. The summed E-state index contributed by atoms with van der Waals surface area (Å²) < 4.78 is 1.66. The van der Waals surface area contributed by atoms with E-state index in [0.717, 1.165) is 36.9 Å². The van der Waals surface area contributed by atoms with Crippen LogP contribution in [-0.2, 0) is 6.54 Å². The van der Waals surface area contributed by atoms with E-state index in [1.165, 1.54) is 0 Å². The molecule has 1 amide bonds. The van der Waals surface area contributed by atoms with Gasteiger partial charge in [-0.1, -0.05) is 24.6 Å². The molecule has 0 bridgehead atoms. The maximum atomic E-state index is 13.3. The van der Waals surface area contributed by atoms with Crippen LogP contribution >= 0.6 is 11.6 Å². The Hall–Kier alpha value is -2.44. The summed E-state index contributed by atoms with van der Waals surface area (Å²) in [4.78, 5) is 20.0. The van der Waals surface area contributed by atoms with Crippen LogP contribution in [0.25, 0.3) is 22.2 Å². The fourth-order valence-corrected chi connectivity index (χ4v) is 3.96. The van der Waals surface area contributed by atoms with Crippen molar-refractivity contribution in [1.29, 1.82) is 0 Å². The van der Waals surface area contributed by atoms with Crippen LogP contribution in [-0.4, -0.2) is 50.4 Å². The minimum atomic E-state index is 0.0127. The first-order valence-corrected chi connectivity index (χ1v) is 9.96. The molecule has 1 fully saturated rings. The molecule has 0 aliphatic carbocycles. The molecule has 3 aromatic rings. The summed E-state index contributed by atoms with van der Waals surface area (Å²) in [5.74, 6) is 0.543. The molecule has 6 nitrogen and oxygen atoms in total. The molecule has 4 rings (SSSR count). The summed E-state index contributed by atoms with van der Waals surface area (Å²) in [6.07, 6.45) is 5.71. The number of likely N-dealkylation sites (tertiary alicyclic amines) is 1. The monoisotopic (exact) mass is 398 g/mol. The number of aromatic nitrogens is 3. The molecule has 2 aromatic heterocycles. The van der Waals surface area contributed by atoms with Crippen molar-refractivity contribution in [1.82, 2.24) is 19.7 Å². The zero-order chi connectivity index (χ0) is 19.7. The van der Waals surface area contributed by atoms with Crippen LogP contribution in [0.1, 0.15) is 30.1 Å². The van der Waals surface area contributed by atoms with E-state index in [1.54, 1.807) is 23.0 Å². The molecule has 7 heteroatoms. The summed E-state index contributed by atoms with van der Waals surface area (Å²) in [5, 5.41) is 14.7. The fraction of sp³-hybridized carbons (Fsp3) is 0.381. The van der Waals surface area contributed by atoms with Gasteiger partial charge in [-0.2, -0.15) is 5.10 Å². The first-order valence-electron chi connectivity index (χ1n) is 9.58. The van der Waals surface area contributed by atoms with Crippen LogP contribution in [0.15, 0.2) is 36.7 Å². The Bertz CT molecular complexity index is 1020. The molecule has 1 aliphatic rings. The molecule has 1 aromatic carbocycles. The Morgan fingerprint density at radius 1 is 1.36 bits per heavy atom. The summed E-state index contributed by atoms with van der Waals surface area (Å²) >= 11 is 6.18. The number of nitrogens with zero attached hydrogens (tertiary/aromatic N) is 4. The Kier molecular flexibility index (Phi) is 5.33. The van der Waals surface area contributed by atoms with Gasteiger partial charge in [-0.05, 0) is 37.0 Å². The van der Waals surface area contributed by atoms with Gasteiger partial charge in [0, 0.05) is 35.3 Å². The third kappa shape index (κ3) is 3.75. The average Bonchev–Trinajstić information content (AvgIpc) is 3.15. The van der Waals surface area contributed by atoms with Crippen LogP contribution in [0.5, 0.6) is 0 Å². The minimum absolute atomic E-state index is 0.0127. The highest BCUT2D eigenvalue weighted by Gasteiger charge is 2.24. The fourth-order valence-electron chi connectivity index (χ4n) is 3.79. The van der Waals surface area contributed by atoms with Crippen LogP contribution in [0.3, 0.4) is 0 Å². The van der Waals surface area contributed by atoms with E-state index in [0.29, 0.717) is 34.3 Å². The number of piperidine rings is 1. The lowest BCUT2D eigenvalue weighted by molar-refractivity contribution is 0.0685. The number of carbonyl (C=O) groups is 1. The molecule has 146 valence electrons. The standard InChI is InChI=1S/C21H23ClN4O2/c1-14-3-2-6-25(12-14)21(28)18-10-19(15-11-23-26(13-15)7-8-27)24-20-9-16(22)4-5-17(18)20/h4-5,9-11,13-14,27H,2-3,6-8,12H2,1H3/t14-/m1/s1. The summed E-state index contributed by atoms with van der Waals surface area (Å²) in [5.41, 5.74) is 2.80. The van der Waals surface area contributed by atoms with E-state index in [9.17, 15) is 4.79 Å². The van der Waals surface area contributed by atoms with Gasteiger partial charge in [0.05, 0.1) is 36.1 Å². The van der Waals surface area contributed by atoms with Gasteiger partial charge >= 0.3 is 0 Å². The van der Waals surface area contributed by atoms with Gasteiger partial charge in [-0.3, -0.25) is 9.48 Å². The number of hydrogen-bond acceptors (Lipinski definition) is 4. The molecule has 28 heavy (non-hydrogen) atoms. The van der Waals surface area contributed by atoms with Crippen LogP contribution in [0, 0.1) is 5.92 Å². The highest BCUT2D eigenvalue weighted by Crippen LogP contribution is 2.29. The van der Waals surface area contributed by atoms with Gasteiger partial charge in [0.1, 0.15) is 0 Å². The highest BCUT2D eigenvalue weighted by atomic mass is 35.5. The molecule has 0 saturated carbocycles. The van der Waals surface area contributed by atoms with Gasteiger partial charge in [0.15, 0.2) is 0 Å². The van der Waals surface area contributed by atoms with E-state index in [-0.39, 0.29) is 12.5 Å². The number of carbonyl (C=O) groups excluding carboxylic acids is 1. The second-order valence-corrected chi connectivity index (χ2v) is 7.87. The molecular weight excluding hydrogens is 376 g/mol. The number of pyridine rings is 1. The van der Waals surface area contributed by atoms with Crippen LogP contribution in [0.2, 0.25) is 5.02 Å². The molecule has 0 spiro atoms. The normalized spacial score (nSPS) is 17.2. The smallest absolute Gasteiger partial charge is 0.254 e. The third-order valence-corrected chi connectivity index (χ3v) is 5.44. The van der Waals surface area contributed by atoms with E-state index in [4.69, 9.17) is 21.7 Å². The molecule has 1 aliphatic heterocycles. The molecule has 0 radical (unpaired) electrons. The maximum absolute atomic E-state index is 13.3. The average molecular weight is 399 g/mol. The van der Waals surface area contributed by atoms with Crippen molar-refractivity contribution in [3.05, 3.63) is 47.2 Å². The number of hydrogen-bond donors (Lipinski definition) is 1. The Labute approximate surface area is 168 Å². The van der Waals surface area contributed by atoms with Crippen LogP contribution < -0.4 is 0 Å². The van der Waals surface area contributed by atoms with Crippen molar-refractivity contribution in [3.63, 3.8) is 0 Å². The molecule has 0 unspecified atom stereocenters. The van der Waals surface area contributed by atoms with Crippen molar-refractivity contribution in [2.75, 3.05) is 19.7 Å². The number of rotatable bonds is 4. The first kappa shape index (κ1) is 18.9. The van der Waals surface area contributed by atoms with Crippen molar-refractivity contribution in [2.24, 2.45) is 5.92 Å². The summed E-state index contributed by atoms with van der Waals surface area (Å²) in [6.45, 7) is 4.17. The Morgan fingerprint density at radius 3 is 3.00 bits per heavy atom. The number of aliphatic hydroxyl groups is 1. The number of fused-ring (bicyclic) bond motifs is 1. The number of aliphatic hydroxyl groups excluding tert-OH is 1. The number of benzene rings is 1. The topological polar surface area (TPSA) is 71.2 Å². The van der Waals surface area contributed by atoms with E-state index in [1.807, 2.05) is 23.2 Å². The van der Waals surface area contributed by atoms with Crippen molar-refractivity contribution >= 4 is 28.4 Å². The minimum Gasteiger partial charge on any atom is -0.394 e. The predicted octanol–water partition coefficient (Wildman–Crippen LogP) is 3.62. The Balaban J connectivity index is 1.80. The highest BCUT2D eigenvalue weighted by molar-refractivity contribution is 6.31. The second kappa shape index (κ2) is 7.89. The van der Waals surface area contributed by atoms with E-state index < -0.39 is 0 Å². The zero-order valence-electron chi connectivity index (χ0n) is 15.8. The number of amides is 1. The van der Waals surface area contributed by atoms with Gasteiger partial charge in [-0.15, -0.1) is 0 Å². The predicted molar refractivity (Wildman–Crippen MR) is 109 cm³/mol. The SMILES string of the molecule is C[C@@H]1CCCN(C(=O)c2cc(-c3cnn(CCO)c3)nc3cc(Cl)ccc23)C1. The molecule has 1 N–H and O–H groups in total. The van der Waals surface area contributed by atoms with Gasteiger partial charge < -0.3 is 10.0 Å². The lowest BCUT2D eigenvalue weighted by atomic mass is 9.98. The zero-order valence-corrected chi connectivity index (χ0v) is 16.6. The quantitative estimate of drug-likeness (QED) is 0.728. The maximum Gasteiger partial charge on any atom is 0.254 e. The molecule has 1 atom stereocenters. The third-order valence-electron chi connectivity index (χ3n) is 5.20. The van der Waals surface area contributed by atoms with Gasteiger partial charge in [-0.25, -0.2) is 4.98 Å². The molecule has 1 saturated heterocycles. The van der Waals surface area contributed by atoms with Crippen LogP contribution in [0.4, 0.5) is 0 Å². The molecular formula is C21H23ClN4O2. The first-order chi connectivity index (χ1) is 13.5. The van der Waals surface area contributed by atoms with Crippen molar-refractivity contribution in [3.8, 4) is 11.3 Å². The lowest BCUT2D eigenvalue weighted by Crippen LogP contribution is -2.39. The van der Waals surface area contributed by atoms with Crippen molar-refractivity contribution in [2.45, 2.75) is 26.3 Å². The summed E-state index contributed by atoms with van der Waals surface area (Å²) in [7, 11) is 0. The van der Waals surface area contributed by atoms with E-state index in [2.05, 4.69) is 12.0 Å². The van der Waals surface area contributed by atoms with Gasteiger partial charge in [0.25, 0.3) is 5.91 Å². The summed E-state index contributed by atoms with van der Waals surface area (Å²) in [6, 6.07) is 7.29. The van der Waals surface area contributed by atoms with Gasteiger partial charge in [0.2, 0.25) is 0 Å². The van der Waals surface area contributed by atoms with Crippen molar-refractivity contribution < 1.29 is 9.90 Å². The largest absolute Gasteiger partial charge is 0.394 e. The lowest BCUT2D eigenvalue weighted by Gasteiger charge is -2.31. The number of halogens is 1.